The van der Waals surface area contributed by atoms with Crippen molar-refractivity contribution in [3.05, 3.63) is 24.3 Å². The monoisotopic (exact) mass is 279 g/mol. The smallest absolute Gasteiger partial charge is 0.411 e. The van der Waals surface area contributed by atoms with Crippen LogP contribution in [0.5, 0.6) is 0 Å². The van der Waals surface area contributed by atoms with Gasteiger partial charge in [-0.05, 0) is 38.6 Å². The third-order valence-electron chi connectivity index (χ3n) is 2.74. The number of benzene rings is 1. The van der Waals surface area contributed by atoms with Crippen LogP contribution in [0.4, 0.5) is 16.2 Å². The lowest BCUT2D eigenvalue weighted by atomic mass is 10.0. The third-order valence-corrected chi connectivity index (χ3v) is 2.74. The van der Waals surface area contributed by atoms with E-state index >= 15 is 0 Å². The number of rotatable bonds is 5. The Hall–Kier alpha value is -2.08. The van der Waals surface area contributed by atoms with Gasteiger partial charge in [0, 0.05) is 11.4 Å². The highest BCUT2D eigenvalue weighted by atomic mass is 16.5. The summed E-state index contributed by atoms with van der Waals surface area (Å²) in [5.74, 6) is -0.144. The fourth-order valence-corrected chi connectivity index (χ4v) is 1.65. The van der Waals surface area contributed by atoms with Gasteiger partial charge in [-0.15, -0.1) is 0 Å². The van der Waals surface area contributed by atoms with Crippen molar-refractivity contribution in [2.24, 2.45) is 0 Å². The molecule has 0 aliphatic rings. The van der Waals surface area contributed by atoms with Gasteiger partial charge in [-0.3, -0.25) is 10.1 Å². The van der Waals surface area contributed by atoms with E-state index in [2.05, 4.69) is 20.7 Å². The van der Waals surface area contributed by atoms with Crippen molar-refractivity contribution in [3.8, 4) is 0 Å². The lowest BCUT2D eigenvalue weighted by Crippen LogP contribution is -2.49. The molecule has 0 fully saturated rings. The molecule has 0 spiro atoms. The number of ether oxygens (including phenoxy) is 1. The Balaban J connectivity index is 2.75. The summed E-state index contributed by atoms with van der Waals surface area (Å²) in [6.07, 6.45) is -0.554. The summed E-state index contributed by atoms with van der Waals surface area (Å²) in [6.45, 7) is 6.26. The number of hydrogen-bond acceptors (Lipinski definition) is 4. The molecule has 6 heteroatoms. The molecule has 0 aliphatic heterocycles. The summed E-state index contributed by atoms with van der Waals surface area (Å²) < 4.78 is 4.51. The van der Waals surface area contributed by atoms with E-state index in [0.717, 1.165) is 0 Å². The average molecular weight is 279 g/mol. The van der Waals surface area contributed by atoms with Crippen LogP contribution in [0.2, 0.25) is 0 Å². The van der Waals surface area contributed by atoms with Crippen LogP contribution in [0.25, 0.3) is 0 Å². The minimum absolute atomic E-state index is 0.144. The molecule has 3 N–H and O–H groups in total. The number of carbonyl (C=O) groups excluding carboxylic acids is 2. The number of nitrogens with one attached hydrogen (secondary N) is 3. The van der Waals surface area contributed by atoms with E-state index in [-0.39, 0.29) is 5.91 Å². The summed E-state index contributed by atoms with van der Waals surface area (Å²) in [4.78, 5) is 23.3. The Morgan fingerprint density at radius 2 is 1.80 bits per heavy atom. The van der Waals surface area contributed by atoms with Gasteiger partial charge in [0.2, 0.25) is 5.91 Å². The molecular formula is C14H21N3O3. The molecule has 0 saturated carbocycles. The Morgan fingerprint density at radius 1 is 1.20 bits per heavy atom. The van der Waals surface area contributed by atoms with Gasteiger partial charge in [-0.25, -0.2) is 4.79 Å². The fourth-order valence-electron chi connectivity index (χ4n) is 1.65. The van der Waals surface area contributed by atoms with Crippen LogP contribution in [0.3, 0.4) is 0 Å². The summed E-state index contributed by atoms with van der Waals surface area (Å²) in [7, 11) is 1.29. The molecule has 110 valence electrons. The SMILES string of the molecule is CCNC(C)(C)C(=O)Nc1cccc(NC(=O)OC)c1. The first-order chi connectivity index (χ1) is 9.39. The maximum absolute atomic E-state index is 12.1. The van der Waals surface area contributed by atoms with Crippen molar-refractivity contribution in [2.45, 2.75) is 26.3 Å². The first-order valence-electron chi connectivity index (χ1n) is 6.40. The highest BCUT2D eigenvalue weighted by Gasteiger charge is 2.26. The molecule has 0 bridgehead atoms. The molecule has 2 amide bonds. The van der Waals surface area contributed by atoms with Crippen LogP contribution in [-0.2, 0) is 9.53 Å². The van der Waals surface area contributed by atoms with Gasteiger partial charge in [-0.1, -0.05) is 13.0 Å². The summed E-state index contributed by atoms with van der Waals surface area (Å²) in [5, 5.41) is 8.44. The van der Waals surface area contributed by atoms with Gasteiger partial charge >= 0.3 is 6.09 Å². The largest absolute Gasteiger partial charge is 0.453 e. The van der Waals surface area contributed by atoms with E-state index in [1.54, 1.807) is 24.3 Å². The zero-order valence-corrected chi connectivity index (χ0v) is 12.2. The number of carbonyl (C=O) groups is 2. The summed E-state index contributed by atoms with van der Waals surface area (Å²) >= 11 is 0. The predicted octanol–water partition coefficient (Wildman–Crippen LogP) is 2.19. The van der Waals surface area contributed by atoms with E-state index in [0.29, 0.717) is 17.9 Å². The van der Waals surface area contributed by atoms with Crippen molar-refractivity contribution < 1.29 is 14.3 Å². The Labute approximate surface area is 118 Å². The minimum Gasteiger partial charge on any atom is -0.453 e. The number of methoxy groups -OCH3 is 1. The van der Waals surface area contributed by atoms with Crippen molar-refractivity contribution in [2.75, 3.05) is 24.3 Å². The van der Waals surface area contributed by atoms with Crippen LogP contribution >= 0.6 is 0 Å². The molecule has 1 aromatic carbocycles. The molecule has 6 nitrogen and oxygen atoms in total. The van der Waals surface area contributed by atoms with Crippen LogP contribution in [-0.4, -0.2) is 31.2 Å². The van der Waals surface area contributed by atoms with E-state index in [1.807, 2.05) is 20.8 Å². The number of hydrogen-bond donors (Lipinski definition) is 3. The van der Waals surface area contributed by atoms with E-state index in [9.17, 15) is 9.59 Å². The molecule has 20 heavy (non-hydrogen) atoms. The molecule has 1 aromatic rings. The standard InChI is InChI=1S/C14H21N3O3/c1-5-15-14(2,3)12(18)16-10-7-6-8-11(9-10)17-13(19)20-4/h6-9,15H,5H2,1-4H3,(H,16,18)(H,17,19). The molecule has 1 rings (SSSR count). The number of likely N-dealkylation sites (N-methyl/N-ethyl adjacent to an activating group) is 1. The molecule has 0 radical (unpaired) electrons. The lowest BCUT2D eigenvalue weighted by Gasteiger charge is -2.24. The third kappa shape index (κ3) is 4.55. The maximum atomic E-state index is 12.1. The minimum atomic E-state index is -0.666. The second-order valence-electron chi connectivity index (χ2n) is 4.81. The predicted molar refractivity (Wildman–Crippen MR) is 78.9 cm³/mol. The van der Waals surface area contributed by atoms with Gasteiger partial charge < -0.3 is 15.4 Å². The van der Waals surface area contributed by atoms with E-state index in [4.69, 9.17) is 0 Å². The molecule has 0 unspecified atom stereocenters. The number of amides is 2. The molecule has 0 atom stereocenters. The average Bonchev–Trinajstić information content (AvgIpc) is 2.38. The highest BCUT2D eigenvalue weighted by molar-refractivity contribution is 5.98. The van der Waals surface area contributed by atoms with Crippen LogP contribution in [0, 0.1) is 0 Å². The quantitative estimate of drug-likeness (QED) is 0.772. The second-order valence-corrected chi connectivity index (χ2v) is 4.81. The van der Waals surface area contributed by atoms with Gasteiger partial charge in [0.05, 0.1) is 12.6 Å². The van der Waals surface area contributed by atoms with Gasteiger partial charge in [0.15, 0.2) is 0 Å². The molecule has 0 heterocycles. The van der Waals surface area contributed by atoms with Crippen LogP contribution in [0.1, 0.15) is 20.8 Å². The lowest BCUT2D eigenvalue weighted by molar-refractivity contribution is -0.121. The first kappa shape index (κ1) is 16.0. The topological polar surface area (TPSA) is 79.5 Å². The van der Waals surface area contributed by atoms with Crippen molar-refractivity contribution in [3.63, 3.8) is 0 Å². The first-order valence-corrected chi connectivity index (χ1v) is 6.40. The van der Waals surface area contributed by atoms with Crippen molar-refractivity contribution in [1.29, 1.82) is 0 Å². The molecule has 0 aliphatic carbocycles. The van der Waals surface area contributed by atoms with Crippen LogP contribution < -0.4 is 16.0 Å². The van der Waals surface area contributed by atoms with Gasteiger partial charge in [0.25, 0.3) is 0 Å². The van der Waals surface area contributed by atoms with Crippen LogP contribution in [0.15, 0.2) is 24.3 Å². The zero-order valence-electron chi connectivity index (χ0n) is 12.2. The summed E-state index contributed by atoms with van der Waals surface area (Å²) in [6, 6.07) is 6.86. The molecular weight excluding hydrogens is 258 g/mol. The maximum Gasteiger partial charge on any atom is 0.411 e. The van der Waals surface area contributed by atoms with Gasteiger partial charge in [0.1, 0.15) is 0 Å². The van der Waals surface area contributed by atoms with Gasteiger partial charge in [-0.2, -0.15) is 0 Å². The summed E-state index contributed by atoms with van der Waals surface area (Å²) in [5.41, 5.74) is 0.492. The van der Waals surface area contributed by atoms with Crippen molar-refractivity contribution in [1.82, 2.24) is 5.32 Å². The van der Waals surface area contributed by atoms with E-state index < -0.39 is 11.6 Å². The van der Waals surface area contributed by atoms with Crippen molar-refractivity contribution >= 4 is 23.4 Å². The Morgan fingerprint density at radius 3 is 2.35 bits per heavy atom. The molecule has 0 aromatic heterocycles. The Kier molecular flexibility index (Phi) is 5.52. The molecule has 0 saturated heterocycles. The number of anilines is 2. The van der Waals surface area contributed by atoms with E-state index in [1.165, 1.54) is 7.11 Å². The Bertz CT molecular complexity index is 486. The second kappa shape index (κ2) is 6.91. The normalized spacial score (nSPS) is 10.8. The zero-order chi connectivity index (χ0) is 15.2. The highest BCUT2D eigenvalue weighted by Crippen LogP contribution is 2.17. The fraction of sp³-hybridized carbons (Fsp3) is 0.429.